The second-order valence-corrected chi connectivity index (χ2v) is 8.33. The summed E-state index contributed by atoms with van der Waals surface area (Å²) in [5.41, 5.74) is 6.14. The summed E-state index contributed by atoms with van der Waals surface area (Å²) in [4.78, 5) is 12.9. The Kier molecular flexibility index (Phi) is 5.18. The number of hydrogen-bond acceptors (Lipinski definition) is 4. The molecule has 0 radical (unpaired) electrons. The standard InChI is InChI=1S/C25H21ClN6O/c1-15-8-9-17(25(33)28-22-10-11-27-31(22)3)12-19(15)20-13-23-29-30-24(32(23)14-16(20)2)18-6-4-5-7-21(18)26/h4-14H,1-3H3,(H,28,33). The Balaban J connectivity index is 1.56. The predicted octanol–water partition coefficient (Wildman–Crippen LogP) is 5.32. The van der Waals surface area contributed by atoms with Crippen LogP contribution in [0.25, 0.3) is 28.2 Å². The van der Waals surface area contributed by atoms with Gasteiger partial charge in [-0.05, 0) is 66.4 Å². The molecule has 5 rings (SSSR count). The number of aryl methyl sites for hydroxylation is 3. The van der Waals surface area contributed by atoms with Gasteiger partial charge in [0.15, 0.2) is 11.5 Å². The fraction of sp³-hybridized carbons (Fsp3) is 0.120. The third kappa shape index (κ3) is 3.76. The first-order chi connectivity index (χ1) is 15.9. The van der Waals surface area contributed by atoms with Crippen molar-refractivity contribution >= 4 is 29.0 Å². The topological polar surface area (TPSA) is 77.1 Å². The minimum Gasteiger partial charge on any atom is -0.307 e. The van der Waals surface area contributed by atoms with E-state index in [2.05, 4.69) is 20.6 Å². The van der Waals surface area contributed by atoms with E-state index in [-0.39, 0.29) is 5.91 Å². The van der Waals surface area contributed by atoms with Gasteiger partial charge in [0, 0.05) is 30.4 Å². The van der Waals surface area contributed by atoms with Crippen molar-refractivity contribution in [3.8, 4) is 22.5 Å². The molecule has 0 saturated carbocycles. The Bertz CT molecular complexity index is 1520. The zero-order chi connectivity index (χ0) is 23.1. The number of hydrogen-bond donors (Lipinski definition) is 1. The number of rotatable bonds is 4. The number of carbonyl (C=O) groups is 1. The van der Waals surface area contributed by atoms with E-state index in [9.17, 15) is 4.79 Å². The highest BCUT2D eigenvalue weighted by molar-refractivity contribution is 6.33. The summed E-state index contributed by atoms with van der Waals surface area (Å²) in [6, 6.07) is 17.0. The average Bonchev–Trinajstić information content (AvgIpc) is 3.39. The molecular formula is C25H21ClN6O. The van der Waals surface area contributed by atoms with E-state index in [4.69, 9.17) is 11.6 Å². The van der Waals surface area contributed by atoms with Crippen molar-refractivity contribution in [2.45, 2.75) is 13.8 Å². The lowest BCUT2D eigenvalue weighted by molar-refractivity contribution is 0.102. The minimum absolute atomic E-state index is 0.193. The van der Waals surface area contributed by atoms with Crippen LogP contribution in [0.2, 0.25) is 5.02 Å². The molecule has 5 aromatic rings. The zero-order valence-electron chi connectivity index (χ0n) is 18.4. The van der Waals surface area contributed by atoms with Gasteiger partial charge in [-0.2, -0.15) is 5.10 Å². The molecule has 3 aromatic heterocycles. The number of anilines is 1. The van der Waals surface area contributed by atoms with Crippen molar-refractivity contribution in [3.63, 3.8) is 0 Å². The molecule has 0 aliphatic heterocycles. The Morgan fingerprint density at radius 3 is 2.48 bits per heavy atom. The number of amides is 1. The summed E-state index contributed by atoms with van der Waals surface area (Å²) in [6.45, 7) is 4.06. The first-order valence-corrected chi connectivity index (χ1v) is 10.8. The lowest BCUT2D eigenvalue weighted by Gasteiger charge is -2.13. The number of benzene rings is 2. The van der Waals surface area contributed by atoms with Crippen LogP contribution < -0.4 is 5.32 Å². The van der Waals surface area contributed by atoms with Crippen molar-refractivity contribution in [1.82, 2.24) is 24.4 Å². The number of nitrogens with zero attached hydrogens (tertiary/aromatic N) is 5. The molecule has 0 unspecified atom stereocenters. The van der Waals surface area contributed by atoms with E-state index < -0.39 is 0 Å². The molecule has 164 valence electrons. The van der Waals surface area contributed by atoms with Gasteiger partial charge in [-0.1, -0.05) is 29.8 Å². The molecule has 7 nitrogen and oxygen atoms in total. The van der Waals surface area contributed by atoms with Gasteiger partial charge in [0.1, 0.15) is 5.82 Å². The molecule has 0 saturated heterocycles. The quantitative estimate of drug-likeness (QED) is 0.397. The molecule has 1 amide bonds. The summed E-state index contributed by atoms with van der Waals surface area (Å²) in [7, 11) is 1.78. The zero-order valence-corrected chi connectivity index (χ0v) is 19.1. The van der Waals surface area contributed by atoms with Crippen LogP contribution in [0.3, 0.4) is 0 Å². The molecular weight excluding hydrogens is 436 g/mol. The van der Waals surface area contributed by atoms with Gasteiger partial charge in [0.05, 0.1) is 11.2 Å². The van der Waals surface area contributed by atoms with Crippen molar-refractivity contribution < 1.29 is 4.79 Å². The summed E-state index contributed by atoms with van der Waals surface area (Å²) >= 11 is 6.39. The summed E-state index contributed by atoms with van der Waals surface area (Å²) < 4.78 is 3.56. The Labute approximate surface area is 195 Å². The second kappa shape index (κ2) is 8.18. The van der Waals surface area contributed by atoms with Gasteiger partial charge >= 0.3 is 0 Å². The van der Waals surface area contributed by atoms with Gasteiger partial charge in [-0.25, -0.2) is 0 Å². The highest BCUT2D eigenvalue weighted by Gasteiger charge is 2.16. The van der Waals surface area contributed by atoms with Gasteiger partial charge in [0.2, 0.25) is 0 Å². The van der Waals surface area contributed by atoms with Crippen LogP contribution in [0, 0.1) is 13.8 Å². The van der Waals surface area contributed by atoms with Crippen molar-refractivity contribution in [3.05, 3.63) is 88.7 Å². The number of carbonyl (C=O) groups excluding carboxylic acids is 1. The van der Waals surface area contributed by atoms with Crippen molar-refractivity contribution in [2.24, 2.45) is 7.05 Å². The number of pyridine rings is 1. The first-order valence-electron chi connectivity index (χ1n) is 10.4. The van der Waals surface area contributed by atoms with Crippen LogP contribution in [0.4, 0.5) is 5.82 Å². The molecule has 0 bridgehead atoms. The van der Waals surface area contributed by atoms with Crippen LogP contribution in [-0.2, 0) is 7.05 Å². The number of aromatic nitrogens is 5. The molecule has 0 aliphatic carbocycles. The maximum Gasteiger partial charge on any atom is 0.256 e. The van der Waals surface area contributed by atoms with E-state index in [1.165, 1.54) is 0 Å². The molecule has 3 heterocycles. The van der Waals surface area contributed by atoms with Gasteiger partial charge in [-0.3, -0.25) is 13.9 Å². The number of nitrogens with one attached hydrogen (secondary N) is 1. The van der Waals surface area contributed by atoms with Gasteiger partial charge in [-0.15, -0.1) is 10.2 Å². The largest absolute Gasteiger partial charge is 0.307 e. The summed E-state index contributed by atoms with van der Waals surface area (Å²) in [6.07, 6.45) is 3.65. The predicted molar refractivity (Wildman–Crippen MR) is 130 cm³/mol. The lowest BCUT2D eigenvalue weighted by Crippen LogP contribution is -2.14. The average molecular weight is 457 g/mol. The molecule has 1 N–H and O–H groups in total. The van der Waals surface area contributed by atoms with E-state index in [0.717, 1.165) is 27.8 Å². The van der Waals surface area contributed by atoms with E-state index in [1.54, 1.807) is 24.0 Å². The number of fused-ring (bicyclic) bond motifs is 1. The molecule has 8 heteroatoms. The minimum atomic E-state index is -0.193. The number of halogens is 1. The second-order valence-electron chi connectivity index (χ2n) is 7.93. The smallest absolute Gasteiger partial charge is 0.256 e. The molecule has 0 fully saturated rings. The van der Waals surface area contributed by atoms with Crippen LogP contribution in [-0.4, -0.2) is 30.3 Å². The van der Waals surface area contributed by atoms with Gasteiger partial charge in [0.25, 0.3) is 5.91 Å². The van der Waals surface area contributed by atoms with Crippen molar-refractivity contribution in [1.29, 1.82) is 0 Å². The maximum absolute atomic E-state index is 12.9. The maximum atomic E-state index is 12.9. The normalized spacial score (nSPS) is 11.2. The summed E-state index contributed by atoms with van der Waals surface area (Å²) in [5.74, 6) is 1.13. The van der Waals surface area contributed by atoms with Crippen molar-refractivity contribution in [2.75, 3.05) is 5.32 Å². The van der Waals surface area contributed by atoms with Crippen LogP contribution in [0.1, 0.15) is 21.5 Å². The highest BCUT2D eigenvalue weighted by atomic mass is 35.5. The summed E-state index contributed by atoms with van der Waals surface area (Å²) in [5, 5.41) is 16.4. The fourth-order valence-electron chi connectivity index (χ4n) is 3.89. The van der Waals surface area contributed by atoms with Crippen LogP contribution in [0.5, 0.6) is 0 Å². The van der Waals surface area contributed by atoms with E-state index >= 15 is 0 Å². The van der Waals surface area contributed by atoms with Gasteiger partial charge < -0.3 is 5.32 Å². The highest BCUT2D eigenvalue weighted by Crippen LogP contribution is 2.32. The van der Waals surface area contributed by atoms with E-state index in [1.807, 2.05) is 73.0 Å². The molecule has 0 spiro atoms. The third-order valence-corrected chi connectivity index (χ3v) is 6.04. The Morgan fingerprint density at radius 2 is 1.73 bits per heavy atom. The Hall–Kier alpha value is -3.97. The molecule has 0 aliphatic rings. The molecule has 33 heavy (non-hydrogen) atoms. The SMILES string of the molecule is Cc1ccc(C(=O)Nc2ccnn2C)cc1-c1cc2nnc(-c3ccccc3Cl)n2cc1C. The van der Waals surface area contributed by atoms with E-state index in [0.29, 0.717) is 27.9 Å². The van der Waals surface area contributed by atoms with Crippen LogP contribution >= 0.6 is 11.6 Å². The monoisotopic (exact) mass is 456 g/mol. The molecule has 0 atom stereocenters. The van der Waals surface area contributed by atoms with Crippen LogP contribution in [0.15, 0.2) is 67.0 Å². The fourth-order valence-corrected chi connectivity index (χ4v) is 4.11. The third-order valence-electron chi connectivity index (χ3n) is 5.71. The lowest BCUT2D eigenvalue weighted by atomic mass is 9.95. The Morgan fingerprint density at radius 1 is 0.939 bits per heavy atom. The first kappa shape index (κ1) is 20.9. The molecule has 2 aromatic carbocycles.